The fourth-order valence-corrected chi connectivity index (χ4v) is 3.74. The Kier molecular flexibility index (Phi) is 4.13. The van der Waals surface area contributed by atoms with Crippen LogP contribution in [0, 0.1) is 17.7 Å². The Bertz CT molecular complexity index is 622. The molecule has 2 aromatic rings. The van der Waals surface area contributed by atoms with Crippen LogP contribution in [0.15, 0.2) is 24.3 Å². The van der Waals surface area contributed by atoms with Gasteiger partial charge in [-0.2, -0.15) is 0 Å². The van der Waals surface area contributed by atoms with Crippen molar-refractivity contribution in [2.45, 2.75) is 25.7 Å². The maximum absolute atomic E-state index is 13.1. The van der Waals surface area contributed by atoms with Crippen molar-refractivity contribution in [1.29, 1.82) is 0 Å². The average molecular weight is 291 g/mol. The summed E-state index contributed by atoms with van der Waals surface area (Å²) in [7, 11) is 0. The predicted molar refractivity (Wildman–Crippen MR) is 81.1 cm³/mol. The quantitative estimate of drug-likeness (QED) is 0.917. The van der Waals surface area contributed by atoms with Gasteiger partial charge in [0.05, 0.1) is 10.2 Å². The van der Waals surface area contributed by atoms with Crippen LogP contribution in [-0.2, 0) is 0 Å². The molecule has 1 aromatic heterocycles. The zero-order valence-electron chi connectivity index (χ0n) is 11.3. The normalized spacial score (nSPS) is 23.7. The van der Waals surface area contributed by atoms with Gasteiger partial charge in [0, 0.05) is 12.7 Å². The molecule has 0 aliphatic heterocycles. The average Bonchev–Trinajstić information content (AvgIpc) is 2.87. The minimum atomic E-state index is -0.239. The van der Waals surface area contributed by atoms with Crippen molar-refractivity contribution in [3.8, 4) is 0 Å². The number of fused-ring (bicyclic) bond motifs is 1. The molecule has 1 saturated carbocycles. The lowest BCUT2D eigenvalue weighted by atomic mass is 9.82. The maximum atomic E-state index is 13.1. The molecule has 0 saturated heterocycles. The first-order valence-electron chi connectivity index (χ1n) is 7.10. The Morgan fingerprint density at radius 1 is 1.40 bits per heavy atom. The number of aliphatic hydroxyl groups excluding tert-OH is 1. The minimum absolute atomic E-state index is 0.239. The molecule has 106 valence electrons. The number of halogens is 1. The van der Waals surface area contributed by atoms with Gasteiger partial charge in [-0.3, -0.25) is 0 Å². The first kappa shape index (κ1) is 13.7. The van der Waals surface area contributed by atoms with E-state index in [4.69, 9.17) is 0 Å². The van der Waals surface area contributed by atoms with E-state index in [0.717, 1.165) is 28.1 Å². The minimum Gasteiger partial charge on any atom is -0.396 e. The molecule has 0 bridgehead atoms. The van der Waals surface area contributed by atoms with Crippen LogP contribution in [0.25, 0.3) is 16.3 Å². The zero-order valence-corrected chi connectivity index (χ0v) is 12.1. The van der Waals surface area contributed by atoms with Crippen LogP contribution in [0.5, 0.6) is 0 Å². The first-order valence-corrected chi connectivity index (χ1v) is 7.91. The Hall–Kier alpha value is -1.26. The summed E-state index contributed by atoms with van der Waals surface area (Å²) in [4.78, 5) is 4.44. The Labute approximate surface area is 122 Å². The largest absolute Gasteiger partial charge is 0.396 e. The molecule has 20 heavy (non-hydrogen) atoms. The molecule has 1 aliphatic rings. The molecule has 4 heteroatoms. The summed E-state index contributed by atoms with van der Waals surface area (Å²) in [6, 6.07) is 4.73. The van der Waals surface area contributed by atoms with Gasteiger partial charge in [0.15, 0.2) is 0 Å². The van der Waals surface area contributed by atoms with Crippen molar-refractivity contribution in [3.05, 3.63) is 35.1 Å². The zero-order chi connectivity index (χ0) is 13.9. The fourth-order valence-electron chi connectivity index (χ4n) is 2.88. The van der Waals surface area contributed by atoms with Gasteiger partial charge >= 0.3 is 0 Å². The van der Waals surface area contributed by atoms with E-state index in [0.29, 0.717) is 18.4 Å². The Balaban J connectivity index is 1.73. The van der Waals surface area contributed by atoms with Gasteiger partial charge in [-0.05, 0) is 49.3 Å². The van der Waals surface area contributed by atoms with Crippen molar-refractivity contribution in [3.63, 3.8) is 0 Å². The summed E-state index contributed by atoms with van der Waals surface area (Å²) in [6.07, 6.45) is 8.83. The van der Waals surface area contributed by atoms with Gasteiger partial charge in [0.25, 0.3) is 0 Å². The van der Waals surface area contributed by atoms with Crippen LogP contribution < -0.4 is 0 Å². The lowest BCUT2D eigenvalue weighted by Crippen LogP contribution is -2.16. The van der Waals surface area contributed by atoms with E-state index in [-0.39, 0.29) is 5.82 Å². The Morgan fingerprint density at radius 2 is 2.30 bits per heavy atom. The molecule has 1 aromatic carbocycles. The number of hydrogen-bond acceptors (Lipinski definition) is 3. The van der Waals surface area contributed by atoms with E-state index in [1.165, 1.54) is 25.0 Å². The number of aromatic nitrogens is 1. The van der Waals surface area contributed by atoms with Crippen LogP contribution in [0.1, 0.15) is 30.7 Å². The third kappa shape index (κ3) is 3.07. The van der Waals surface area contributed by atoms with Crippen LogP contribution >= 0.6 is 11.3 Å². The number of hydrogen-bond donors (Lipinski definition) is 1. The second kappa shape index (κ2) is 6.02. The van der Waals surface area contributed by atoms with E-state index in [2.05, 4.69) is 11.1 Å². The summed E-state index contributed by atoms with van der Waals surface area (Å²) in [6.45, 7) is 0.296. The highest BCUT2D eigenvalue weighted by Gasteiger charge is 2.19. The number of rotatable bonds is 3. The van der Waals surface area contributed by atoms with Gasteiger partial charge in [0.1, 0.15) is 10.8 Å². The highest BCUT2D eigenvalue weighted by Crippen LogP contribution is 2.31. The molecule has 0 amide bonds. The van der Waals surface area contributed by atoms with Gasteiger partial charge < -0.3 is 5.11 Å². The number of nitrogens with zero attached hydrogens (tertiary/aromatic N) is 1. The molecule has 2 nitrogen and oxygen atoms in total. The summed E-state index contributed by atoms with van der Waals surface area (Å²) >= 11 is 1.59. The molecule has 1 N–H and O–H groups in total. The first-order chi connectivity index (χ1) is 9.74. The SMILES string of the molecule is OC[C@@H]1CCC[C@@H](C=Cc2nc3cc(F)ccc3s2)C1. The van der Waals surface area contributed by atoms with E-state index in [9.17, 15) is 9.50 Å². The second-order valence-corrected chi connectivity index (χ2v) is 6.56. The smallest absolute Gasteiger partial charge is 0.125 e. The summed E-state index contributed by atoms with van der Waals surface area (Å²) in [5.74, 6) is 0.740. The lowest BCUT2D eigenvalue weighted by Gasteiger charge is -2.25. The number of allylic oxidation sites excluding steroid dienone is 1. The van der Waals surface area contributed by atoms with Gasteiger partial charge in [-0.25, -0.2) is 9.37 Å². The number of benzene rings is 1. The van der Waals surface area contributed by atoms with Crippen LogP contribution in [0.2, 0.25) is 0 Å². The van der Waals surface area contributed by atoms with Gasteiger partial charge in [-0.1, -0.05) is 12.5 Å². The molecule has 0 unspecified atom stereocenters. The van der Waals surface area contributed by atoms with E-state index >= 15 is 0 Å². The van der Waals surface area contributed by atoms with Crippen LogP contribution in [-0.4, -0.2) is 16.7 Å². The van der Waals surface area contributed by atoms with Gasteiger partial charge in [-0.15, -0.1) is 11.3 Å². The summed E-state index contributed by atoms with van der Waals surface area (Å²) in [5, 5.41) is 10.2. The molecular weight excluding hydrogens is 273 g/mol. The molecule has 0 spiro atoms. The molecule has 1 heterocycles. The van der Waals surface area contributed by atoms with Crippen molar-refractivity contribution in [2.75, 3.05) is 6.61 Å². The summed E-state index contributed by atoms with van der Waals surface area (Å²) in [5.41, 5.74) is 0.728. The predicted octanol–water partition coefficient (Wildman–Crippen LogP) is 4.25. The molecule has 2 atom stereocenters. The maximum Gasteiger partial charge on any atom is 0.125 e. The fraction of sp³-hybridized carbons (Fsp3) is 0.438. The lowest BCUT2D eigenvalue weighted by molar-refractivity contribution is 0.174. The van der Waals surface area contributed by atoms with Crippen molar-refractivity contribution in [2.24, 2.45) is 11.8 Å². The highest BCUT2D eigenvalue weighted by atomic mass is 32.1. The molecule has 0 radical (unpaired) electrons. The number of thiazole rings is 1. The highest BCUT2D eigenvalue weighted by molar-refractivity contribution is 7.19. The third-order valence-corrected chi connectivity index (χ3v) is 4.96. The molecular formula is C16H18FNOS. The van der Waals surface area contributed by atoms with E-state index in [1.807, 2.05) is 6.08 Å². The van der Waals surface area contributed by atoms with E-state index in [1.54, 1.807) is 17.4 Å². The van der Waals surface area contributed by atoms with E-state index < -0.39 is 0 Å². The van der Waals surface area contributed by atoms with Crippen molar-refractivity contribution < 1.29 is 9.50 Å². The topological polar surface area (TPSA) is 33.1 Å². The van der Waals surface area contributed by atoms with Crippen molar-refractivity contribution in [1.82, 2.24) is 4.98 Å². The summed E-state index contributed by atoms with van der Waals surface area (Å²) < 4.78 is 14.1. The molecule has 1 fully saturated rings. The standard InChI is InChI=1S/C16H18FNOS/c17-13-5-6-15-14(9-13)18-16(20-15)7-4-11-2-1-3-12(8-11)10-19/h4-7,9,11-12,19H,1-3,8,10H2/t11-,12+/m0/s1. The monoisotopic (exact) mass is 291 g/mol. The second-order valence-electron chi connectivity index (χ2n) is 5.50. The molecule has 1 aliphatic carbocycles. The van der Waals surface area contributed by atoms with Crippen LogP contribution in [0.3, 0.4) is 0 Å². The van der Waals surface area contributed by atoms with Gasteiger partial charge in [0.2, 0.25) is 0 Å². The third-order valence-electron chi connectivity index (χ3n) is 3.96. The van der Waals surface area contributed by atoms with Crippen molar-refractivity contribution >= 4 is 27.6 Å². The van der Waals surface area contributed by atoms with Crippen LogP contribution in [0.4, 0.5) is 4.39 Å². The molecule has 3 rings (SSSR count). The Morgan fingerprint density at radius 3 is 3.15 bits per heavy atom. The number of aliphatic hydroxyl groups is 1.